The molecule has 1 aromatic carbocycles. The maximum Gasteiger partial charge on any atom is 0.327 e. The van der Waals surface area contributed by atoms with Crippen molar-refractivity contribution in [2.24, 2.45) is 17.6 Å². The number of nitrogens with one attached hydrogen (secondary N) is 4. The summed E-state index contributed by atoms with van der Waals surface area (Å²) in [4.78, 5) is 53.6. The van der Waals surface area contributed by atoms with Crippen molar-refractivity contribution in [3.05, 3.63) is 36.0 Å². The number of para-hydroxylation sites is 1. The number of carbonyl (C=O) groups is 4. The predicted octanol–water partition coefficient (Wildman–Crippen LogP) is 1.21. The van der Waals surface area contributed by atoms with Gasteiger partial charge < -0.3 is 31.8 Å². The van der Waals surface area contributed by atoms with E-state index in [0.717, 1.165) is 16.5 Å². The molecule has 36 heavy (non-hydrogen) atoms. The average molecular weight is 520 g/mol. The minimum Gasteiger partial charge on any atom is -0.480 e. The van der Waals surface area contributed by atoms with Gasteiger partial charge in [-0.3, -0.25) is 14.4 Å². The number of amides is 3. The van der Waals surface area contributed by atoms with E-state index in [1.54, 1.807) is 20.0 Å². The number of aromatic nitrogens is 1. The lowest BCUT2D eigenvalue weighted by atomic mass is 9.99. The Morgan fingerprint density at radius 3 is 2.19 bits per heavy atom. The van der Waals surface area contributed by atoms with E-state index >= 15 is 0 Å². The first-order valence-electron chi connectivity index (χ1n) is 12.0. The Labute approximate surface area is 216 Å². The highest BCUT2D eigenvalue weighted by atomic mass is 32.1. The second-order valence-electron chi connectivity index (χ2n) is 9.67. The van der Waals surface area contributed by atoms with E-state index in [2.05, 4.69) is 33.6 Å². The summed E-state index contributed by atoms with van der Waals surface area (Å²) in [6, 6.07) is 3.49. The van der Waals surface area contributed by atoms with Gasteiger partial charge in [0.1, 0.15) is 18.1 Å². The van der Waals surface area contributed by atoms with E-state index in [1.807, 2.05) is 38.1 Å². The molecular formula is C25H37N5O5S. The molecule has 0 saturated heterocycles. The van der Waals surface area contributed by atoms with E-state index in [0.29, 0.717) is 6.42 Å². The molecule has 0 fully saturated rings. The molecule has 0 aliphatic heterocycles. The Balaban J connectivity index is 2.27. The zero-order valence-corrected chi connectivity index (χ0v) is 22.0. The summed E-state index contributed by atoms with van der Waals surface area (Å²) in [5, 5.41) is 18.1. The van der Waals surface area contributed by atoms with Crippen molar-refractivity contribution >= 4 is 47.2 Å². The molecule has 0 spiro atoms. The first kappa shape index (κ1) is 29.2. The van der Waals surface area contributed by atoms with Crippen molar-refractivity contribution < 1.29 is 24.3 Å². The number of hydrogen-bond acceptors (Lipinski definition) is 6. The fraction of sp³-hybridized carbons (Fsp3) is 0.520. The van der Waals surface area contributed by atoms with Crippen LogP contribution >= 0.6 is 12.6 Å². The third kappa shape index (κ3) is 7.99. The number of carbonyl (C=O) groups excluding carboxylic acids is 3. The van der Waals surface area contributed by atoms with Crippen LogP contribution in [0.1, 0.15) is 39.7 Å². The van der Waals surface area contributed by atoms with Crippen molar-refractivity contribution in [1.82, 2.24) is 20.9 Å². The summed E-state index contributed by atoms with van der Waals surface area (Å²) in [7, 11) is 0. The number of fused-ring (bicyclic) bond motifs is 1. The third-order valence-corrected chi connectivity index (χ3v) is 6.20. The molecule has 4 atom stereocenters. The highest BCUT2D eigenvalue weighted by Gasteiger charge is 2.32. The van der Waals surface area contributed by atoms with E-state index in [1.165, 1.54) is 0 Å². The van der Waals surface area contributed by atoms with Gasteiger partial charge in [-0.25, -0.2) is 4.79 Å². The molecule has 10 nitrogen and oxygen atoms in total. The van der Waals surface area contributed by atoms with Crippen molar-refractivity contribution in [3.63, 3.8) is 0 Å². The fourth-order valence-electron chi connectivity index (χ4n) is 3.86. The van der Waals surface area contributed by atoms with Crippen LogP contribution < -0.4 is 21.7 Å². The molecule has 3 amide bonds. The van der Waals surface area contributed by atoms with Crippen molar-refractivity contribution in [3.8, 4) is 0 Å². The first-order chi connectivity index (χ1) is 16.9. The fourth-order valence-corrected chi connectivity index (χ4v) is 4.11. The molecule has 2 aromatic rings. The Morgan fingerprint density at radius 2 is 1.61 bits per heavy atom. The van der Waals surface area contributed by atoms with E-state index in [9.17, 15) is 24.3 Å². The van der Waals surface area contributed by atoms with Gasteiger partial charge >= 0.3 is 5.97 Å². The highest BCUT2D eigenvalue weighted by molar-refractivity contribution is 7.80. The lowest BCUT2D eigenvalue weighted by Gasteiger charge is -2.27. The molecule has 2 rings (SSSR count). The molecule has 0 unspecified atom stereocenters. The number of rotatable bonds is 13. The number of benzene rings is 1. The average Bonchev–Trinajstić information content (AvgIpc) is 3.22. The van der Waals surface area contributed by atoms with E-state index in [4.69, 9.17) is 5.73 Å². The maximum atomic E-state index is 13.3. The molecule has 1 aromatic heterocycles. The van der Waals surface area contributed by atoms with E-state index in [-0.39, 0.29) is 24.0 Å². The van der Waals surface area contributed by atoms with Crippen LogP contribution in [-0.4, -0.2) is 63.7 Å². The Morgan fingerprint density at radius 1 is 0.972 bits per heavy atom. The normalized spacial score (nSPS) is 14.8. The molecular weight excluding hydrogens is 482 g/mol. The second kappa shape index (κ2) is 13.3. The number of thiol groups is 1. The molecule has 0 saturated carbocycles. The third-order valence-electron chi connectivity index (χ3n) is 5.84. The van der Waals surface area contributed by atoms with Gasteiger partial charge in [-0.2, -0.15) is 12.6 Å². The molecule has 0 bridgehead atoms. The number of carboxylic acid groups (broad SMARTS) is 1. The minimum absolute atomic E-state index is 0.103. The van der Waals surface area contributed by atoms with Gasteiger partial charge in [-0.05, 0) is 29.9 Å². The summed E-state index contributed by atoms with van der Waals surface area (Å²) >= 11 is 4.00. The molecule has 0 aliphatic carbocycles. The van der Waals surface area contributed by atoms with Crippen molar-refractivity contribution in [2.75, 3.05) is 5.75 Å². The van der Waals surface area contributed by atoms with Crippen LogP contribution in [0.25, 0.3) is 10.9 Å². The van der Waals surface area contributed by atoms with Gasteiger partial charge in [0.05, 0.1) is 6.04 Å². The number of nitrogens with two attached hydrogens (primary N) is 1. The lowest BCUT2D eigenvalue weighted by Crippen LogP contribution is -2.59. The Hall–Kier alpha value is -3.05. The van der Waals surface area contributed by atoms with Crippen LogP contribution in [0, 0.1) is 11.8 Å². The summed E-state index contributed by atoms with van der Waals surface area (Å²) in [6.07, 6.45) is 2.31. The van der Waals surface area contributed by atoms with Crippen LogP contribution in [0.15, 0.2) is 30.5 Å². The van der Waals surface area contributed by atoms with Gasteiger partial charge in [0.15, 0.2) is 0 Å². The molecule has 7 N–H and O–H groups in total. The number of hydrogen-bond donors (Lipinski definition) is 7. The summed E-state index contributed by atoms with van der Waals surface area (Å²) in [5.41, 5.74) is 7.62. The number of aromatic amines is 1. The molecule has 11 heteroatoms. The minimum atomic E-state index is -1.23. The summed E-state index contributed by atoms with van der Waals surface area (Å²) in [5.74, 6) is -3.12. The van der Waals surface area contributed by atoms with Gasteiger partial charge in [0.25, 0.3) is 0 Å². The topological polar surface area (TPSA) is 166 Å². The van der Waals surface area contributed by atoms with Crippen LogP contribution in [0.2, 0.25) is 0 Å². The van der Waals surface area contributed by atoms with Crippen molar-refractivity contribution in [1.29, 1.82) is 0 Å². The molecule has 1 heterocycles. The zero-order chi connectivity index (χ0) is 27.0. The van der Waals surface area contributed by atoms with E-state index < -0.39 is 47.9 Å². The number of aliphatic carboxylic acids is 1. The zero-order valence-electron chi connectivity index (χ0n) is 21.1. The Bertz CT molecular complexity index is 1070. The molecule has 198 valence electrons. The SMILES string of the molecule is CC(C)C[C@H](N)C(=O)N[C@H](C(=O)N[C@@H](Cc1c[nH]c2ccccc12)C(=O)N[C@@H](CS)C(=O)O)C(C)C. The number of H-pyrrole nitrogens is 1. The van der Waals surface area contributed by atoms with Crippen LogP contribution in [-0.2, 0) is 25.6 Å². The standard InChI is InChI=1S/C25H37N5O5S/c1-13(2)9-17(26)22(31)30-21(14(3)4)24(33)28-19(23(32)29-20(12-36)25(34)35)10-15-11-27-18-8-6-5-7-16(15)18/h5-8,11,13-14,17,19-21,27,36H,9-10,12,26H2,1-4H3,(H,28,33)(H,29,32)(H,30,31)(H,34,35)/t17-,19-,20-,21-/m0/s1. The van der Waals surface area contributed by atoms with Gasteiger partial charge in [-0.15, -0.1) is 0 Å². The Kier molecular flexibility index (Phi) is 10.8. The largest absolute Gasteiger partial charge is 0.480 e. The monoisotopic (exact) mass is 519 g/mol. The van der Waals surface area contributed by atoms with Crippen LogP contribution in [0.5, 0.6) is 0 Å². The summed E-state index contributed by atoms with van der Waals surface area (Å²) < 4.78 is 0. The lowest BCUT2D eigenvalue weighted by molar-refractivity contribution is -0.141. The predicted molar refractivity (Wildman–Crippen MR) is 142 cm³/mol. The molecule has 0 radical (unpaired) electrons. The quantitative estimate of drug-likeness (QED) is 0.196. The second-order valence-corrected chi connectivity index (χ2v) is 10.0. The van der Waals surface area contributed by atoms with Crippen LogP contribution in [0.3, 0.4) is 0 Å². The van der Waals surface area contributed by atoms with Crippen molar-refractivity contribution in [2.45, 2.75) is 64.7 Å². The highest BCUT2D eigenvalue weighted by Crippen LogP contribution is 2.19. The van der Waals surface area contributed by atoms with Gasteiger partial charge in [0.2, 0.25) is 17.7 Å². The molecule has 0 aliphatic rings. The summed E-state index contributed by atoms with van der Waals surface area (Å²) in [6.45, 7) is 7.44. The van der Waals surface area contributed by atoms with Gasteiger partial charge in [-0.1, -0.05) is 45.9 Å². The number of carboxylic acids is 1. The first-order valence-corrected chi connectivity index (χ1v) is 12.6. The maximum absolute atomic E-state index is 13.3. The van der Waals surface area contributed by atoms with Crippen LogP contribution in [0.4, 0.5) is 0 Å². The van der Waals surface area contributed by atoms with Gasteiger partial charge in [0, 0.05) is 29.3 Å². The smallest absolute Gasteiger partial charge is 0.327 e.